The molecule has 0 unspecified atom stereocenters. The number of carbonyl (C=O) groups is 1. The molecule has 108 valence electrons. The fourth-order valence-corrected chi connectivity index (χ4v) is 2.52. The monoisotopic (exact) mass is 354 g/mol. The van der Waals surface area contributed by atoms with Gasteiger partial charge < -0.3 is 4.42 Å². The highest BCUT2D eigenvalue weighted by molar-refractivity contribution is 9.10. The van der Waals surface area contributed by atoms with E-state index in [9.17, 15) is 9.59 Å². The van der Waals surface area contributed by atoms with Crippen LogP contribution in [-0.2, 0) is 0 Å². The number of carbonyl (C=O) groups excluding carboxylic acids is 1. The van der Waals surface area contributed by atoms with Crippen LogP contribution >= 0.6 is 15.9 Å². The molecule has 2 aromatic carbocycles. The van der Waals surface area contributed by atoms with E-state index in [2.05, 4.69) is 15.9 Å². The van der Waals surface area contributed by atoms with Gasteiger partial charge in [-0.25, -0.2) is 4.79 Å². The Kier molecular flexibility index (Phi) is 4.02. The molecule has 0 spiro atoms. The molecule has 3 aromatic rings. The zero-order valence-electron chi connectivity index (χ0n) is 11.5. The molecule has 0 saturated heterocycles. The van der Waals surface area contributed by atoms with E-state index in [-0.39, 0.29) is 11.3 Å². The molecule has 0 aliphatic carbocycles. The summed E-state index contributed by atoms with van der Waals surface area (Å²) in [5.41, 5.74) is 0.750. The molecular weight excluding hydrogens is 344 g/mol. The Morgan fingerprint density at radius 2 is 1.86 bits per heavy atom. The number of hydrogen-bond donors (Lipinski definition) is 0. The van der Waals surface area contributed by atoms with Crippen LogP contribution in [0.4, 0.5) is 0 Å². The topological polar surface area (TPSA) is 47.3 Å². The average molecular weight is 355 g/mol. The van der Waals surface area contributed by atoms with Gasteiger partial charge in [0, 0.05) is 9.86 Å². The van der Waals surface area contributed by atoms with Crippen molar-refractivity contribution in [3.8, 4) is 0 Å². The van der Waals surface area contributed by atoms with E-state index in [0.717, 1.165) is 15.4 Å². The second-order valence-corrected chi connectivity index (χ2v) is 5.65. The van der Waals surface area contributed by atoms with Crippen LogP contribution in [0.3, 0.4) is 0 Å². The van der Waals surface area contributed by atoms with Crippen LogP contribution in [0.15, 0.2) is 74.4 Å². The fraction of sp³-hybridized carbons (Fsp3) is 0. The van der Waals surface area contributed by atoms with Gasteiger partial charge in [-0.2, -0.15) is 0 Å². The molecule has 0 aliphatic heterocycles. The smallest absolute Gasteiger partial charge is 0.347 e. The van der Waals surface area contributed by atoms with E-state index in [0.29, 0.717) is 5.58 Å². The number of fused-ring (bicyclic) bond motifs is 1. The second kappa shape index (κ2) is 6.12. The molecule has 1 aromatic heterocycles. The van der Waals surface area contributed by atoms with Gasteiger partial charge >= 0.3 is 5.63 Å². The summed E-state index contributed by atoms with van der Waals surface area (Å²) in [5, 5.41) is 0.723. The van der Waals surface area contributed by atoms with E-state index in [1.54, 1.807) is 30.3 Å². The summed E-state index contributed by atoms with van der Waals surface area (Å²) in [6.07, 6.45) is 3.05. The Balaban J connectivity index is 1.95. The molecule has 4 heteroatoms. The summed E-state index contributed by atoms with van der Waals surface area (Å²) in [7, 11) is 0. The van der Waals surface area contributed by atoms with Gasteiger partial charge in [0.25, 0.3) is 0 Å². The van der Waals surface area contributed by atoms with Crippen molar-refractivity contribution in [1.82, 2.24) is 0 Å². The van der Waals surface area contributed by atoms with E-state index in [4.69, 9.17) is 4.42 Å². The third-order valence-electron chi connectivity index (χ3n) is 3.18. The summed E-state index contributed by atoms with van der Waals surface area (Å²) in [4.78, 5) is 24.1. The molecule has 3 rings (SSSR count). The average Bonchev–Trinajstić information content (AvgIpc) is 2.52. The predicted octanol–water partition coefficient (Wildman–Crippen LogP) is 4.45. The van der Waals surface area contributed by atoms with Crippen molar-refractivity contribution in [2.45, 2.75) is 0 Å². The largest absolute Gasteiger partial charge is 0.422 e. The number of para-hydroxylation sites is 1. The van der Waals surface area contributed by atoms with Gasteiger partial charge in [0.05, 0.1) is 0 Å². The Labute approximate surface area is 135 Å². The first-order valence-electron chi connectivity index (χ1n) is 6.64. The minimum absolute atomic E-state index is 0.0324. The fourth-order valence-electron chi connectivity index (χ4n) is 2.11. The molecule has 1 heterocycles. The highest BCUT2D eigenvalue weighted by Gasteiger charge is 2.10. The van der Waals surface area contributed by atoms with E-state index in [1.807, 2.05) is 30.3 Å². The van der Waals surface area contributed by atoms with Crippen LogP contribution < -0.4 is 5.63 Å². The molecule has 0 amide bonds. The summed E-state index contributed by atoms with van der Waals surface area (Å²) in [6.45, 7) is 0. The van der Waals surface area contributed by atoms with Crippen molar-refractivity contribution < 1.29 is 9.21 Å². The Bertz CT molecular complexity index is 938. The zero-order valence-corrected chi connectivity index (χ0v) is 13.0. The maximum Gasteiger partial charge on any atom is 0.347 e. The maximum atomic E-state index is 12.2. The zero-order chi connectivity index (χ0) is 15.5. The van der Waals surface area contributed by atoms with E-state index < -0.39 is 5.63 Å². The Morgan fingerprint density at radius 1 is 1.05 bits per heavy atom. The first-order chi connectivity index (χ1) is 10.6. The van der Waals surface area contributed by atoms with Gasteiger partial charge in [0.2, 0.25) is 0 Å². The summed E-state index contributed by atoms with van der Waals surface area (Å²) in [6, 6.07) is 16.2. The van der Waals surface area contributed by atoms with E-state index >= 15 is 0 Å². The van der Waals surface area contributed by atoms with Crippen LogP contribution in [-0.4, -0.2) is 5.78 Å². The van der Waals surface area contributed by atoms with Crippen LogP contribution in [0.25, 0.3) is 17.0 Å². The number of benzene rings is 2. The standard InChI is InChI=1S/C18H11BrO3/c19-14-6-3-4-12(10-14)8-9-16(20)15-11-13-5-1-2-7-17(13)22-18(15)21/h1-11H. The van der Waals surface area contributed by atoms with Crippen LogP contribution in [0.1, 0.15) is 15.9 Å². The minimum atomic E-state index is -0.623. The van der Waals surface area contributed by atoms with Gasteiger partial charge in [-0.15, -0.1) is 0 Å². The van der Waals surface area contributed by atoms with Crippen molar-refractivity contribution in [1.29, 1.82) is 0 Å². The van der Waals surface area contributed by atoms with Gasteiger partial charge in [-0.1, -0.05) is 52.3 Å². The van der Waals surface area contributed by atoms with Gasteiger partial charge in [-0.3, -0.25) is 4.79 Å². The minimum Gasteiger partial charge on any atom is -0.422 e. The molecule has 22 heavy (non-hydrogen) atoms. The molecule has 0 atom stereocenters. The highest BCUT2D eigenvalue weighted by Crippen LogP contribution is 2.15. The predicted molar refractivity (Wildman–Crippen MR) is 90.0 cm³/mol. The number of halogens is 1. The van der Waals surface area contributed by atoms with Gasteiger partial charge in [-0.05, 0) is 35.9 Å². The van der Waals surface area contributed by atoms with Crippen molar-refractivity contribution in [3.05, 3.63) is 86.7 Å². The third kappa shape index (κ3) is 3.07. The van der Waals surface area contributed by atoms with Gasteiger partial charge in [0.15, 0.2) is 5.78 Å². The summed E-state index contributed by atoms with van der Waals surface area (Å²) >= 11 is 3.37. The lowest BCUT2D eigenvalue weighted by Gasteiger charge is -1.99. The number of allylic oxidation sites excluding steroid dienone is 1. The number of hydrogen-bond acceptors (Lipinski definition) is 3. The molecule has 0 saturated carbocycles. The number of ketones is 1. The SMILES string of the molecule is O=C(C=Cc1cccc(Br)c1)c1cc2ccccc2oc1=O. The van der Waals surface area contributed by atoms with Crippen LogP contribution in [0.5, 0.6) is 0 Å². The molecule has 0 aliphatic rings. The molecular formula is C18H11BrO3. The normalized spacial score (nSPS) is 11.1. The lowest BCUT2D eigenvalue weighted by molar-refractivity contribution is 0.104. The van der Waals surface area contributed by atoms with Crippen molar-refractivity contribution >= 4 is 38.8 Å². The first kappa shape index (κ1) is 14.5. The van der Waals surface area contributed by atoms with Gasteiger partial charge in [0.1, 0.15) is 11.1 Å². The molecule has 0 fully saturated rings. The number of rotatable bonds is 3. The summed E-state index contributed by atoms with van der Waals surface area (Å²) in [5.74, 6) is -0.375. The molecule has 0 bridgehead atoms. The molecule has 0 N–H and O–H groups in total. The summed E-state index contributed by atoms with van der Waals surface area (Å²) < 4.78 is 6.09. The van der Waals surface area contributed by atoms with Crippen molar-refractivity contribution in [2.24, 2.45) is 0 Å². The lowest BCUT2D eigenvalue weighted by atomic mass is 10.1. The van der Waals surface area contributed by atoms with Crippen molar-refractivity contribution in [2.75, 3.05) is 0 Å². The van der Waals surface area contributed by atoms with Crippen molar-refractivity contribution in [3.63, 3.8) is 0 Å². The van der Waals surface area contributed by atoms with Crippen LogP contribution in [0.2, 0.25) is 0 Å². The first-order valence-corrected chi connectivity index (χ1v) is 7.44. The lowest BCUT2D eigenvalue weighted by Crippen LogP contribution is -2.11. The Hall–Kier alpha value is -2.46. The Morgan fingerprint density at radius 3 is 2.68 bits per heavy atom. The highest BCUT2D eigenvalue weighted by atomic mass is 79.9. The van der Waals surface area contributed by atoms with Crippen LogP contribution in [0, 0.1) is 0 Å². The molecule has 0 radical (unpaired) electrons. The maximum absolute atomic E-state index is 12.2. The second-order valence-electron chi connectivity index (χ2n) is 4.74. The quantitative estimate of drug-likeness (QED) is 0.396. The molecule has 3 nitrogen and oxygen atoms in total. The van der Waals surface area contributed by atoms with E-state index in [1.165, 1.54) is 6.08 Å². The third-order valence-corrected chi connectivity index (χ3v) is 3.68.